The van der Waals surface area contributed by atoms with Crippen molar-refractivity contribution in [1.82, 2.24) is 0 Å². The third-order valence-corrected chi connectivity index (χ3v) is 0. The summed E-state index contributed by atoms with van der Waals surface area (Å²) in [5.74, 6) is 0. The molecule has 0 aromatic heterocycles. The first kappa shape index (κ1) is 9.10. The zero-order valence-corrected chi connectivity index (χ0v) is 4.88. The average molecular weight is 107 g/mol. The van der Waals surface area contributed by atoms with Crippen LogP contribution in [0.1, 0.15) is 13.3 Å². The van der Waals surface area contributed by atoms with Crippen molar-refractivity contribution in [2.45, 2.75) is 13.3 Å². The van der Waals surface area contributed by atoms with Crippen LogP contribution in [0.3, 0.4) is 0 Å². The third kappa shape index (κ3) is 108. The van der Waals surface area contributed by atoms with Crippen LogP contribution in [0.5, 0.6) is 0 Å². The SMILES string of the molecule is [CH2-]CC.[O]=[Ti+]. The Morgan fingerprint density at radius 3 is 1.80 bits per heavy atom. The second-order valence-electron chi connectivity index (χ2n) is 0.500. The van der Waals surface area contributed by atoms with E-state index in [1.165, 1.54) is 0 Å². The molecule has 5 heavy (non-hydrogen) atoms. The molecule has 0 aliphatic carbocycles. The Kier molecular flexibility index (Phi) is 44.2. The van der Waals surface area contributed by atoms with Crippen molar-refractivity contribution in [1.29, 1.82) is 0 Å². The minimum absolute atomic E-state index is 0.750. The van der Waals surface area contributed by atoms with Crippen molar-refractivity contribution in [2.75, 3.05) is 0 Å². The molecule has 0 aliphatic heterocycles. The van der Waals surface area contributed by atoms with Crippen LogP contribution in [0.2, 0.25) is 0 Å². The van der Waals surface area contributed by atoms with Gasteiger partial charge >= 0.3 is 23.7 Å². The monoisotopic (exact) mass is 107 g/mol. The normalized spacial score (nSPS) is 4.80. The van der Waals surface area contributed by atoms with Gasteiger partial charge in [0.2, 0.25) is 0 Å². The van der Waals surface area contributed by atoms with E-state index < -0.39 is 0 Å². The first-order valence-corrected chi connectivity index (χ1v) is 2.05. The molecule has 0 spiro atoms. The summed E-state index contributed by atoms with van der Waals surface area (Å²) >= 11 is 0.750. The van der Waals surface area contributed by atoms with Crippen molar-refractivity contribution >= 4 is 0 Å². The summed E-state index contributed by atoms with van der Waals surface area (Å²) in [6, 6.07) is 0. The van der Waals surface area contributed by atoms with Crippen molar-refractivity contribution in [3.63, 3.8) is 0 Å². The molecular weight excluding hydrogens is 99.9 g/mol. The molecule has 0 heterocycles. The van der Waals surface area contributed by atoms with Gasteiger partial charge in [0, 0.05) is 0 Å². The summed E-state index contributed by atoms with van der Waals surface area (Å²) in [5, 5.41) is 0. The van der Waals surface area contributed by atoms with Gasteiger partial charge in [0.15, 0.2) is 0 Å². The van der Waals surface area contributed by atoms with Crippen molar-refractivity contribution in [2.24, 2.45) is 0 Å². The van der Waals surface area contributed by atoms with Gasteiger partial charge in [-0.05, 0) is 0 Å². The Bertz CT molecular complexity index is 10.9. The predicted octanol–water partition coefficient (Wildman–Crippen LogP) is 1.11. The van der Waals surface area contributed by atoms with Crippen LogP contribution >= 0.6 is 0 Å². The number of rotatable bonds is 0. The Labute approximate surface area is 44.5 Å². The standard InChI is InChI=1S/C3H7.O.Ti/c1-3-2;;/h1,3H2,2H3;;/q-1;;+1. The van der Waals surface area contributed by atoms with E-state index in [2.05, 4.69) is 6.92 Å². The van der Waals surface area contributed by atoms with Crippen LogP contribution in [0.4, 0.5) is 0 Å². The van der Waals surface area contributed by atoms with Gasteiger partial charge < -0.3 is 6.92 Å². The molecule has 0 amide bonds. The maximum atomic E-state index is 8.25. The quantitative estimate of drug-likeness (QED) is 0.334. The van der Waals surface area contributed by atoms with Crippen LogP contribution in [-0.2, 0) is 23.7 Å². The molecule has 29 valence electrons. The molecule has 0 aromatic carbocycles. The molecule has 0 atom stereocenters. The first-order valence-electron chi connectivity index (χ1n) is 1.41. The molecule has 0 saturated carbocycles. The van der Waals surface area contributed by atoms with Crippen LogP contribution in [0, 0.1) is 6.92 Å². The Hall–Kier alpha value is 0.514. The van der Waals surface area contributed by atoms with Gasteiger partial charge in [-0.3, -0.25) is 0 Å². The second kappa shape index (κ2) is 24.3. The molecule has 0 aromatic rings. The van der Waals surface area contributed by atoms with Crippen molar-refractivity contribution in [3.05, 3.63) is 6.92 Å². The third-order valence-electron chi connectivity index (χ3n) is 0. The number of hydrogen-bond donors (Lipinski definition) is 0. The van der Waals surface area contributed by atoms with E-state index in [1.54, 1.807) is 0 Å². The van der Waals surface area contributed by atoms with Gasteiger partial charge in [0.05, 0.1) is 0 Å². The van der Waals surface area contributed by atoms with Gasteiger partial charge in [0.25, 0.3) is 0 Å². The summed E-state index contributed by atoms with van der Waals surface area (Å²) in [6.45, 7) is 5.50. The molecule has 0 rings (SSSR count). The van der Waals surface area contributed by atoms with E-state index in [0.29, 0.717) is 0 Å². The van der Waals surface area contributed by atoms with Crippen LogP contribution in [0.25, 0.3) is 0 Å². The van der Waals surface area contributed by atoms with Gasteiger partial charge in [0.1, 0.15) is 0 Å². The van der Waals surface area contributed by atoms with Gasteiger partial charge in [-0.25, -0.2) is 0 Å². The van der Waals surface area contributed by atoms with Crippen LogP contribution in [0.15, 0.2) is 0 Å². The molecule has 0 saturated heterocycles. The summed E-state index contributed by atoms with van der Waals surface area (Å²) in [4.78, 5) is 0. The van der Waals surface area contributed by atoms with Crippen molar-refractivity contribution < 1.29 is 23.7 Å². The Morgan fingerprint density at radius 1 is 1.80 bits per heavy atom. The second-order valence-corrected chi connectivity index (χ2v) is 0.500. The molecule has 0 aliphatic rings. The Morgan fingerprint density at radius 2 is 1.80 bits per heavy atom. The summed E-state index contributed by atoms with van der Waals surface area (Å²) < 4.78 is 8.25. The van der Waals surface area contributed by atoms with Crippen LogP contribution < -0.4 is 0 Å². The van der Waals surface area contributed by atoms with Gasteiger partial charge in [-0.1, -0.05) is 6.92 Å². The van der Waals surface area contributed by atoms with Gasteiger partial charge in [-0.2, -0.15) is 6.42 Å². The van der Waals surface area contributed by atoms with Crippen LogP contribution in [-0.4, -0.2) is 0 Å². The fourth-order valence-corrected chi connectivity index (χ4v) is 0. The molecule has 1 nitrogen and oxygen atoms in total. The average Bonchev–Trinajstić information content (AvgIpc) is 1.46. The minimum atomic E-state index is 0.750. The van der Waals surface area contributed by atoms with Gasteiger partial charge in [-0.15, -0.1) is 0 Å². The zero-order valence-electron chi connectivity index (χ0n) is 3.32. The van der Waals surface area contributed by atoms with E-state index in [-0.39, 0.29) is 0 Å². The molecule has 0 N–H and O–H groups in total. The first-order chi connectivity index (χ1) is 2.41. The summed E-state index contributed by atoms with van der Waals surface area (Å²) in [6.07, 6.45) is 1.00. The fourth-order valence-electron chi connectivity index (χ4n) is 0. The molecule has 0 unspecified atom stereocenters. The summed E-state index contributed by atoms with van der Waals surface area (Å²) in [7, 11) is 0. The molecule has 0 bridgehead atoms. The van der Waals surface area contributed by atoms with E-state index in [4.69, 9.17) is 3.32 Å². The molecule has 0 radical (unpaired) electrons. The maximum absolute atomic E-state index is 8.25. The van der Waals surface area contributed by atoms with E-state index in [0.717, 1.165) is 26.8 Å². The molecular formula is C3H7OTi. The van der Waals surface area contributed by atoms with Crippen molar-refractivity contribution in [3.8, 4) is 0 Å². The van der Waals surface area contributed by atoms with E-state index in [9.17, 15) is 0 Å². The topological polar surface area (TPSA) is 17.1 Å². The molecule has 2 heteroatoms. The number of hydrogen-bond acceptors (Lipinski definition) is 1. The zero-order chi connectivity index (χ0) is 4.71. The van der Waals surface area contributed by atoms with E-state index >= 15 is 0 Å². The summed E-state index contributed by atoms with van der Waals surface area (Å²) in [5.41, 5.74) is 0. The fraction of sp³-hybridized carbons (Fsp3) is 0.667. The van der Waals surface area contributed by atoms with E-state index in [1.807, 2.05) is 6.92 Å². The predicted molar refractivity (Wildman–Crippen MR) is 16.3 cm³/mol. The molecule has 0 fully saturated rings. The Balaban J connectivity index is 0.